The van der Waals surface area contributed by atoms with Crippen LogP contribution in [0.1, 0.15) is 5.56 Å². The fourth-order valence-electron chi connectivity index (χ4n) is 3.00. The molecule has 4 aromatic carbocycles. The highest BCUT2D eigenvalue weighted by atomic mass is 17.1. The summed E-state index contributed by atoms with van der Waals surface area (Å²) in [7, 11) is 0. The van der Waals surface area contributed by atoms with Crippen LogP contribution in [0.25, 0.3) is 32.3 Å². The molecule has 0 atom stereocenters. The van der Waals surface area contributed by atoms with Crippen molar-refractivity contribution in [2.24, 2.45) is 0 Å². The Kier molecular flexibility index (Phi) is 2.00. The van der Waals surface area contributed by atoms with Gasteiger partial charge in [0.1, 0.15) is 0 Å². The summed E-state index contributed by atoms with van der Waals surface area (Å²) in [5.41, 5.74) is 1.26. The van der Waals surface area contributed by atoms with Crippen LogP contribution in [0.2, 0.25) is 0 Å². The van der Waals surface area contributed by atoms with Crippen LogP contribution in [-0.2, 0) is 0 Å². The average molecular weight is 248 g/mol. The summed E-state index contributed by atoms with van der Waals surface area (Å²) in [6.07, 6.45) is 0. The normalized spacial score (nSPS) is 11.7. The van der Waals surface area contributed by atoms with Gasteiger partial charge in [0.25, 0.3) is 0 Å². The topological polar surface area (TPSA) is 29.5 Å². The minimum atomic E-state index is 0.503. The van der Waals surface area contributed by atoms with Crippen LogP contribution in [0.3, 0.4) is 0 Å². The Labute approximate surface area is 110 Å². The first-order valence-electron chi connectivity index (χ1n) is 6.28. The highest BCUT2D eigenvalue weighted by Gasteiger charge is 2.12. The van der Waals surface area contributed by atoms with E-state index in [1.165, 1.54) is 27.1 Å². The summed E-state index contributed by atoms with van der Waals surface area (Å²) in [5.74, 6) is 0.503. The quantitative estimate of drug-likeness (QED) is 0.299. The lowest BCUT2D eigenvalue weighted by atomic mass is 9.92. The smallest absolute Gasteiger partial charge is 0.172 e. The zero-order valence-electron chi connectivity index (χ0n) is 10.5. The molecule has 0 spiro atoms. The van der Waals surface area contributed by atoms with E-state index in [2.05, 4.69) is 42.1 Å². The SMILES string of the molecule is Cc1ccc2ccc3c(OO)ccc4ccc1c2c43. The second-order valence-corrected chi connectivity index (χ2v) is 4.96. The second-order valence-electron chi connectivity index (χ2n) is 4.96. The Hall–Kier alpha value is -2.32. The maximum atomic E-state index is 9.02. The van der Waals surface area contributed by atoms with Gasteiger partial charge in [-0.05, 0) is 46.2 Å². The summed E-state index contributed by atoms with van der Waals surface area (Å²) in [6, 6.07) is 16.4. The molecule has 1 N–H and O–H groups in total. The zero-order chi connectivity index (χ0) is 13.0. The van der Waals surface area contributed by atoms with Gasteiger partial charge in [-0.1, -0.05) is 36.4 Å². The number of hydrogen-bond acceptors (Lipinski definition) is 2. The molecule has 2 nitrogen and oxygen atoms in total. The maximum Gasteiger partial charge on any atom is 0.172 e. The Morgan fingerprint density at radius 3 is 2.05 bits per heavy atom. The van der Waals surface area contributed by atoms with Gasteiger partial charge >= 0.3 is 0 Å². The van der Waals surface area contributed by atoms with Crippen molar-refractivity contribution >= 4 is 32.3 Å². The molecule has 0 saturated carbocycles. The molecule has 0 aliphatic heterocycles. The van der Waals surface area contributed by atoms with Crippen molar-refractivity contribution in [1.82, 2.24) is 0 Å². The summed E-state index contributed by atoms with van der Waals surface area (Å²) in [6.45, 7) is 2.12. The van der Waals surface area contributed by atoms with E-state index in [0.29, 0.717) is 5.75 Å². The Morgan fingerprint density at radius 2 is 1.32 bits per heavy atom. The number of rotatable bonds is 1. The lowest BCUT2D eigenvalue weighted by Gasteiger charge is -2.13. The van der Waals surface area contributed by atoms with E-state index >= 15 is 0 Å². The van der Waals surface area contributed by atoms with Crippen molar-refractivity contribution in [2.75, 3.05) is 0 Å². The molecule has 4 rings (SSSR count). The molecule has 0 aliphatic rings. The molecule has 0 fully saturated rings. The van der Waals surface area contributed by atoms with E-state index in [9.17, 15) is 0 Å². The van der Waals surface area contributed by atoms with Crippen molar-refractivity contribution in [3.05, 3.63) is 54.1 Å². The summed E-state index contributed by atoms with van der Waals surface area (Å²) in [5, 5.41) is 16.0. The minimum Gasteiger partial charge on any atom is -0.340 e. The van der Waals surface area contributed by atoms with Gasteiger partial charge in [-0.2, -0.15) is 0 Å². The number of hydrogen-bond donors (Lipinski definition) is 1. The van der Waals surface area contributed by atoms with E-state index in [1.807, 2.05) is 12.1 Å². The van der Waals surface area contributed by atoms with Crippen LogP contribution < -0.4 is 4.89 Å². The van der Waals surface area contributed by atoms with E-state index < -0.39 is 0 Å². The summed E-state index contributed by atoms with van der Waals surface area (Å²) >= 11 is 0. The molecule has 4 aromatic rings. The average Bonchev–Trinajstić information content (AvgIpc) is 2.46. The van der Waals surface area contributed by atoms with Gasteiger partial charge in [-0.3, -0.25) is 0 Å². The molecule has 0 saturated heterocycles. The second kappa shape index (κ2) is 3.59. The molecule has 0 amide bonds. The molecule has 92 valence electrons. The summed E-state index contributed by atoms with van der Waals surface area (Å²) in [4.78, 5) is 4.50. The van der Waals surface area contributed by atoms with E-state index in [0.717, 1.165) is 10.8 Å². The van der Waals surface area contributed by atoms with Gasteiger partial charge in [-0.15, -0.1) is 0 Å². The van der Waals surface area contributed by atoms with Crippen molar-refractivity contribution < 1.29 is 10.1 Å². The Morgan fingerprint density at radius 1 is 0.737 bits per heavy atom. The van der Waals surface area contributed by atoms with Gasteiger partial charge in [0.15, 0.2) is 5.75 Å². The van der Waals surface area contributed by atoms with E-state index in [1.54, 1.807) is 6.07 Å². The molecule has 0 aliphatic carbocycles. The molecular weight excluding hydrogens is 236 g/mol. The van der Waals surface area contributed by atoms with Crippen LogP contribution >= 0.6 is 0 Å². The van der Waals surface area contributed by atoms with Gasteiger partial charge in [-0.25, -0.2) is 5.26 Å². The highest BCUT2D eigenvalue weighted by Crippen LogP contribution is 2.39. The molecule has 0 bridgehead atoms. The van der Waals surface area contributed by atoms with Gasteiger partial charge in [0, 0.05) is 10.8 Å². The molecular formula is C17H12O2. The standard InChI is InChI=1S/C17H12O2/c1-10-2-3-11-5-8-14-15(19-18)9-6-12-4-7-13(10)16(11)17(12)14/h2-9,18H,1H3. The predicted molar refractivity (Wildman–Crippen MR) is 78.1 cm³/mol. The zero-order valence-corrected chi connectivity index (χ0v) is 10.5. The molecule has 19 heavy (non-hydrogen) atoms. The number of benzene rings is 4. The number of aryl methyl sites for hydroxylation is 1. The molecule has 0 aromatic heterocycles. The molecule has 0 unspecified atom stereocenters. The third-order valence-corrected chi connectivity index (χ3v) is 3.94. The third-order valence-electron chi connectivity index (χ3n) is 3.94. The van der Waals surface area contributed by atoms with Crippen LogP contribution in [0.4, 0.5) is 0 Å². The van der Waals surface area contributed by atoms with E-state index in [4.69, 9.17) is 5.26 Å². The fraction of sp³-hybridized carbons (Fsp3) is 0.0588. The van der Waals surface area contributed by atoms with Gasteiger partial charge in [0.05, 0.1) is 0 Å². The monoisotopic (exact) mass is 248 g/mol. The Bertz CT molecular complexity index is 909. The van der Waals surface area contributed by atoms with Crippen molar-refractivity contribution in [2.45, 2.75) is 6.92 Å². The van der Waals surface area contributed by atoms with Crippen molar-refractivity contribution in [1.29, 1.82) is 0 Å². The lowest BCUT2D eigenvalue weighted by Crippen LogP contribution is -1.89. The molecule has 2 heteroatoms. The van der Waals surface area contributed by atoms with Crippen LogP contribution in [0.15, 0.2) is 48.5 Å². The minimum absolute atomic E-state index is 0.503. The highest BCUT2D eigenvalue weighted by molar-refractivity contribution is 6.24. The lowest BCUT2D eigenvalue weighted by molar-refractivity contribution is -0.136. The van der Waals surface area contributed by atoms with Crippen molar-refractivity contribution in [3.8, 4) is 5.75 Å². The van der Waals surface area contributed by atoms with Crippen LogP contribution in [0.5, 0.6) is 5.75 Å². The van der Waals surface area contributed by atoms with Crippen LogP contribution in [-0.4, -0.2) is 5.26 Å². The van der Waals surface area contributed by atoms with E-state index in [-0.39, 0.29) is 0 Å². The third kappa shape index (κ3) is 1.29. The fourth-order valence-corrected chi connectivity index (χ4v) is 3.00. The first-order valence-corrected chi connectivity index (χ1v) is 6.28. The maximum absolute atomic E-state index is 9.02. The first-order chi connectivity index (χ1) is 9.29. The first kappa shape index (κ1) is 10.6. The summed E-state index contributed by atoms with van der Waals surface area (Å²) < 4.78 is 0. The largest absolute Gasteiger partial charge is 0.340 e. The molecule has 0 heterocycles. The Balaban J connectivity index is 2.39. The van der Waals surface area contributed by atoms with Gasteiger partial charge < -0.3 is 4.89 Å². The predicted octanol–water partition coefficient (Wildman–Crippen LogP) is 4.74. The van der Waals surface area contributed by atoms with Gasteiger partial charge in [0.2, 0.25) is 0 Å². The molecule has 0 radical (unpaired) electrons. The van der Waals surface area contributed by atoms with Crippen LogP contribution in [0, 0.1) is 6.92 Å². The van der Waals surface area contributed by atoms with Crippen molar-refractivity contribution in [3.63, 3.8) is 0 Å².